The topological polar surface area (TPSA) is 25.4 Å². The zero-order valence-corrected chi connectivity index (χ0v) is 9.09. The summed E-state index contributed by atoms with van der Waals surface area (Å²) >= 11 is 1.76. The molecule has 0 unspecified atom stereocenters. The Hall–Kier alpha value is -0.580. The fourth-order valence-corrected chi connectivity index (χ4v) is 2.15. The average molecular weight is 210 g/mol. The molecular weight excluding hydrogens is 196 g/mol. The van der Waals surface area contributed by atoms with Crippen molar-refractivity contribution >= 4 is 11.9 Å². The predicted octanol–water partition coefficient (Wildman–Crippen LogP) is 1.73. The number of hydrogen-bond donors (Lipinski definition) is 0. The van der Waals surface area contributed by atoms with Gasteiger partial charge in [0.25, 0.3) is 0 Å². The fraction of sp³-hybridized carbons (Fsp3) is 0.500. The highest BCUT2D eigenvalue weighted by Gasteiger charge is 2.11. The van der Waals surface area contributed by atoms with E-state index in [0.29, 0.717) is 0 Å². The molecule has 1 fully saturated rings. The van der Waals surface area contributed by atoms with Gasteiger partial charge in [-0.25, -0.2) is 4.31 Å². The van der Waals surface area contributed by atoms with Gasteiger partial charge < -0.3 is 4.74 Å². The smallest absolute Gasteiger partial charge is 0.0603 e. The van der Waals surface area contributed by atoms with Crippen LogP contribution in [0.3, 0.4) is 0 Å². The number of hydrogen-bond acceptors (Lipinski definition) is 4. The van der Waals surface area contributed by atoms with Gasteiger partial charge in [-0.2, -0.15) is 0 Å². The first-order chi connectivity index (χ1) is 6.84. The summed E-state index contributed by atoms with van der Waals surface area (Å²) in [7, 11) is 0. The van der Waals surface area contributed by atoms with E-state index in [1.807, 2.05) is 19.2 Å². The van der Waals surface area contributed by atoms with Crippen LogP contribution in [0.2, 0.25) is 0 Å². The predicted molar refractivity (Wildman–Crippen MR) is 57.2 cm³/mol. The van der Waals surface area contributed by atoms with Crippen LogP contribution < -0.4 is 0 Å². The largest absolute Gasteiger partial charge is 0.379 e. The number of aromatic nitrogens is 1. The molecule has 0 bridgehead atoms. The van der Waals surface area contributed by atoms with Gasteiger partial charge in [-0.15, -0.1) is 0 Å². The molecule has 3 nitrogen and oxygen atoms in total. The summed E-state index contributed by atoms with van der Waals surface area (Å²) in [4.78, 5) is 5.47. The molecule has 14 heavy (non-hydrogen) atoms. The van der Waals surface area contributed by atoms with Gasteiger partial charge in [-0.1, -0.05) is 0 Å². The first-order valence-corrected chi connectivity index (χ1v) is 5.55. The molecule has 0 spiro atoms. The number of rotatable bonds is 2. The second-order valence-electron chi connectivity index (χ2n) is 3.27. The van der Waals surface area contributed by atoms with E-state index in [1.165, 1.54) is 4.90 Å². The number of morpholine rings is 1. The van der Waals surface area contributed by atoms with Gasteiger partial charge in [0.15, 0.2) is 0 Å². The van der Waals surface area contributed by atoms with Crippen LogP contribution in [0.15, 0.2) is 23.2 Å². The molecule has 0 saturated carbocycles. The first-order valence-electron chi connectivity index (χ1n) is 4.78. The molecular formula is C10H14N2OS. The van der Waals surface area contributed by atoms with Crippen molar-refractivity contribution in [2.75, 3.05) is 26.3 Å². The highest BCUT2D eigenvalue weighted by molar-refractivity contribution is 7.97. The minimum atomic E-state index is 0.840. The molecule has 2 heterocycles. The molecule has 1 aliphatic rings. The molecule has 1 aliphatic heterocycles. The van der Waals surface area contributed by atoms with Crippen molar-refractivity contribution < 1.29 is 4.74 Å². The highest BCUT2D eigenvalue weighted by atomic mass is 32.2. The third-order valence-electron chi connectivity index (χ3n) is 2.09. The number of ether oxygens (including phenoxy) is 1. The van der Waals surface area contributed by atoms with Crippen molar-refractivity contribution in [2.45, 2.75) is 11.8 Å². The van der Waals surface area contributed by atoms with Crippen LogP contribution in [-0.4, -0.2) is 35.6 Å². The molecule has 1 aromatic heterocycles. The fourth-order valence-electron chi connectivity index (χ4n) is 1.30. The van der Waals surface area contributed by atoms with Gasteiger partial charge in [-0.05, 0) is 31.0 Å². The maximum absolute atomic E-state index is 5.29. The zero-order valence-electron chi connectivity index (χ0n) is 8.27. The normalized spacial score (nSPS) is 18.4. The van der Waals surface area contributed by atoms with Crippen LogP contribution in [0.5, 0.6) is 0 Å². The van der Waals surface area contributed by atoms with Crippen LogP contribution in [-0.2, 0) is 4.74 Å². The Morgan fingerprint density at radius 1 is 1.36 bits per heavy atom. The highest BCUT2D eigenvalue weighted by Crippen LogP contribution is 2.22. The second kappa shape index (κ2) is 4.77. The van der Waals surface area contributed by atoms with E-state index < -0.39 is 0 Å². The van der Waals surface area contributed by atoms with Crippen molar-refractivity contribution in [3.63, 3.8) is 0 Å². The third kappa shape index (κ3) is 2.70. The Morgan fingerprint density at radius 2 is 2.14 bits per heavy atom. The molecule has 0 aromatic carbocycles. The van der Waals surface area contributed by atoms with Crippen LogP contribution in [0, 0.1) is 6.92 Å². The maximum atomic E-state index is 5.29. The molecule has 1 saturated heterocycles. The number of pyridine rings is 1. The molecule has 76 valence electrons. The monoisotopic (exact) mass is 210 g/mol. The van der Waals surface area contributed by atoms with Crippen LogP contribution in [0.25, 0.3) is 0 Å². The van der Waals surface area contributed by atoms with Gasteiger partial charge in [0, 0.05) is 29.9 Å². The van der Waals surface area contributed by atoms with Crippen LogP contribution in [0.1, 0.15) is 5.69 Å². The number of aryl methyl sites for hydroxylation is 1. The molecule has 0 atom stereocenters. The Labute approximate surface area is 88.6 Å². The second-order valence-corrected chi connectivity index (χ2v) is 4.44. The Kier molecular flexibility index (Phi) is 3.39. The first kappa shape index (κ1) is 9.96. The summed E-state index contributed by atoms with van der Waals surface area (Å²) in [6.45, 7) is 5.68. The average Bonchev–Trinajstić information content (AvgIpc) is 2.23. The van der Waals surface area contributed by atoms with Crippen molar-refractivity contribution in [3.05, 3.63) is 24.0 Å². The van der Waals surface area contributed by atoms with E-state index >= 15 is 0 Å². The maximum Gasteiger partial charge on any atom is 0.0603 e. The molecule has 0 radical (unpaired) electrons. The SMILES string of the molecule is Cc1ccc(SN2CCOCC2)cn1. The molecule has 0 amide bonds. The standard InChI is InChI=1S/C10H14N2OS/c1-9-2-3-10(8-11-9)14-12-4-6-13-7-5-12/h2-3,8H,4-7H2,1H3. The molecule has 2 rings (SSSR count). The zero-order chi connectivity index (χ0) is 9.80. The quantitative estimate of drug-likeness (QED) is 0.694. The minimum Gasteiger partial charge on any atom is -0.379 e. The summed E-state index contributed by atoms with van der Waals surface area (Å²) in [5.74, 6) is 0. The third-order valence-corrected chi connectivity index (χ3v) is 3.16. The lowest BCUT2D eigenvalue weighted by Crippen LogP contribution is -2.30. The van der Waals surface area contributed by atoms with Crippen LogP contribution >= 0.6 is 11.9 Å². The van der Waals surface area contributed by atoms with Gasteiger partial charge in [0.2, 0.25) is 0 Å². The van der Waals surface area contributed by atoms with E-state index in [4.69, 9.17) is 4.74 Å². The van der Waals surface area contributed by atoms with E-state index in [-0.39, 0.29) is 0 Å². The number of nitrogens with zero attached hydrogens (tertiary/aromatic N) is 2. The van der Waals surface area contributed by atoms with E-state index in [2.05, 4.69) is 15.4 Å². The van der Waals surface area contributed by atoms with Crippen LogP contribution in [0.4, 0.5) is 0 Å². The molecule has 4 heteroatoms. The summed E-state index contributed by atoms with van der Waals surface area (Å²) < 4.78 is 7.60. The van der Waals surface area contributed by atoms with E-state index in [9.17, 15) is 0 Å². The van der Waals surface area contributed by atoms with Crippen molar-refractivity contribution in [2.24, 2.45) is 0 Å². The Morgan fingerprint density at radius 3 is 2.79 bits per heavy atom. The van der Waals surface area contributed by atoms with Gasteiger partial charge in [0.1, 0.15) is 0 Å². The molecule has 0 N–H and O–H groups in total. The van der Waals surface area contributed by atoms with E-state index in [0.717, 1.165) is 32.0 Å². The lowest BCUT2D eigenvalue weighted by molar-refractivity contribution is 0.0773. The Balaban J connectivity index is 1.92. The lowest BCUT2D eigenvalue weighted by atomic mass is 10.4. The van der Waals surface area contributed by atoms with Gasteiger partial charge >= 0.3 is 0 Å². The summed E-state index contributed by atoms with van der Waals surface area (Å²) in [5.41, 5.74) is 1.07. The van der Waals surface area contributed by atoms with Crippen molar-refractivity contribution in [1.82, 2.24) is 9.29 Å². The van der Waals surface area contributed by atoms with E-state index in [1.54, 1.807) is 11.9 Å². The summed E-state index contributed by atoms with van der Waals surface area (Å²) in [5, 5.41) is 0. The lowest BCUT2D eigenvalue weighted by Gasteiger charge is -2.25. The van der Waals surface area contributed by atoms with Crippen molar-refractivity contribution in [1.29, 1.82) is 0 Å². The molecule has 0 aliphatic carbocycles. The minimum absolute atomic E-state index is 0.840. The Bertz CT molecular complexity index is 283. The van der Waals surface area contributed by atoms with Gasteiger partial charge in [-0.3, -0.25) is 4.98 Å². The summed E-state index contributed by atoms with van der Waals surface area (Å²) in [6.07, 6.45) is 1.93. The summed E-state index contributed by atoms with van der Waals surface area (Å²) in [6, 6.07) is 4.16. The van der Waals surface area contributed by atoms with Crippen molar-refractivity contribution in [3.8, 4) is 0 Å². The van der Waals surface area contributed by atoms with Gasteiger partial charge in [0.05, 0.1) is 13.2 Å². The molecule has 1 aromatic rings.